The largest absolute Gasteiger partial charge is 0.497 e. The van der Waals surface area contributed by atoms with Gasteiger partial charge in [-0.3, -0.25) is 4.98 Å². The molecular formula is C17H22N2O2. The van der Waals surface area contributed by atoms with Crippen LogP contribution in [-0.2, 0) is 0 Å². The molecule has 3 rings (SSSR count). The number of nitrogens with zero attached hydrogens (tertiary/aromatic N) is 2. The molecule has 2 aromatic rings. The van der Waals surface area contributed by atoms with Crippen LogP contribution in [0.15, 0.2) is 30.5 Å². The zero-order valence-corrected chi connectivity index (χ0v) is 12.5. The molecule has 112 valence electrons. The number of aliphatic hydroxyl groups excluding tert-OH is 1. The number of hydrogen-bond acceptors (Lipinski definition) is 4. The first-order valence-electron chi connectivity index (χ1n) is 7.61. The predicted octanol–water partition coefficient (Wildman–Crippen LogP) is 2.76. The van der Waals surface area contributed by atoms with Crippen LogP contribution in [-0.4, -0.2) is 41.7 Å². The van der Waals surface area contributed by atoms with Gasteiger partial charge in [0.15, 0.2) is 0 Å². The maximum atomic E-state index is 10.6. The summed E-state index contributed by atoms with van der Waals surface area (Å²) in [5.74, 6) is 0.793. The van der Waals surface area contributed by atoms with E-state index < -0.39 is 6.10 Å². The number of aliphatic hydroxyl groups is 1. The van der Waals surface area contributed by atoms with Crippen molar-refractivity contribution in [1.82, 2.24) is 9.88 Å². The minimum absolute atomic E-state index is 0.485. The SMILES string of the molecule is COc1ccc2nccc(C(O)CN3CCCCC3)c2c1. The van der Waals surface area contributed by atoms with Gasteiger partial charge in [-0.05, 0) is 55.8 Å². The first-order valence-corrected chi connectivity index (χ1v) is 7.61. The van der Waals surface area contributed by atoms with Gasteiger partial charge >= 0.3 is 0 Å². The van der Waals surface area contributed by atoms with Crippen LogP contribution in [0.2, 0.25) is 0 Å². The number of methoxy groups -OCH3 is 1. The molecule has 21 heavy (non-hydrogen) atoms. The number of piperidine rings is 1. The molecule has 0 spiro atoms. The zero-order chi connectivity index (χ0) is 14.7. The van der Waals surface area contributed by atoms with Gasteiger partial charge in [-0.1, -0.05) is 6.42 Å². The molecule has 4 nitrogen and oxygen atoms in total. The molecule has 1 N–H and O–H groups in total. The molecule has 0 saturated carbocycles. The average Bonchev–Trinajstić information content (AvgIpc) is 2.54. The third-order valence-electron chi connectivity index (χ3n) is 4.22. The number of hydrogen-bond donors (Lipinski definition) is 1. The maximum absolute atomic E-state index is 10.6. The number of β-amino-alcohol motifs (C(OH)–C–C–N with tert-alkyl or cyclic N) is 1. The maximum Gasteiger partial charge on any atom is 0.119 e. The van der Waals surface area contributed by atoms with E-state index in [0.29, 0.717) is 6.54 Å². The van der Waals surface area contributed by atoms with Gasteiger partial charge in [0.1, 0.15) is 5.75 Å². The Labute approximate surface area is 125 Å². The van der Waals surface area contributed by atoms with Gasteiger partial charge in [0.05, 0.1) is 18.7 Å². The van der Waals surface area contributed by atoms with Crippen molar-refractivity contribution in [1.29, 1.82) is 0 Å². The van der Waals surface area contributed by atoms with Crippen LogP contribution < -0.4 is 4.74 Å². The second kappa shape index (κ2) is 6.41. The molecule has 1 fully saturated rings. The predicted molar refractivity (Wildman–Crippen MR) is 83.5 cm³/mol. The summed E-state index contributed by atoms with van der Waals surface area (Å²) in [6, 6.07) is 7.70. The van der Waals surface area contributed by atoms with Gasteiger partial charge in [-0.25, -0.2) is 0 Å². The first-order chi connectivity index (χ1) is 10.3. The lowest BCUT2D eigenvalue weighted by Gasteiger charge is -2.28. The summed E-state index contributed by atoms with van der Waals surface area (Å²) in [6.07, 6.45) is 5.06. The molecule has 0 amide bonds. The van der Waals surface area contributed by atoms with E-state index in [9.17, 15) is 5.11 Å². The molecule has 4 heteroatoms. The quantitative estimate of drug-likeness (QED) is 0.938. The van der Waals surface area contributed by atoms with Gasteiger partial charge < -0.3 is 14.7 Å². The Morgan fingerprint density at radius 2 is 2.05 bits per heavy atom. The van der Waals surface area contributed by atoms with Crippen LogP contribution in [0.3, 0.4) is 0 Å². The Hall–Kier alpha value is -1.65. The Balaban J connectivity index is 1.87. The van der Waals surface area contributed by atoms with E-state index in [0.717, 1.165) is 35.3 Å². The van der Waals surface area contributed by atoms with E-state index in [1.807, 2.05) is 24.3 Å². The number of fused-ring (bicyclic) bond motifs is 1. The van der Waals surface area contributed by atoms with E-state index in [2.05, 4.69) is 9.88 Å². The van der Waals surface area contributed by atoms with Crippen molar-refractivity contribution in [3.63, 3.8) is 0 Å². The Kier molecular flexibility index (Phi) is 4.36. The molecule has 1 aromatic heterocycles. The summed E-state index contributed by atoms with van der Waals surface area (Å²) in [5, 5.41) is 11.6. The third-order valence-corrected chi connectivity index (χ3v) is 4.22. The van der Waals surface area contributed by atoms with E-state index >= 15 is 0 Å². The summed E-state index contributed by atoms with van der Waals surface area (Å²) >= 11 is 0. The monoisotopic (exact) mass is 286 g/mol. The van der Waals surface area contributed by atoms with E-state index in [1.165, 1.54) is 19.3 Å². The average molecular weight is 286 g/mol. The van der Waals surface area contributed by atoms with Gasteiger partial charge in [0.2, 0.25) is 0 Å². The summed E-state index contributed by atoms with van der Waals surface area (Å²) < 4.78 is 5.29. The molecule has 0 bridgehead atoms. The molecule has 0 aliphatic carbocycles. The van der Waals surface area contributed by atoms with Crippen molar-refractivity contribution in [2.45, 2.75) is 25.4 Å². The molecule has 1 aromatic carbocycles. The number of rotatable bonds is 4. The van der Waals surface area contributed by atoms with Gasteiger partial charge in [-0.2, -0.15) is 0 Å². The fourth-order valence-corrected chi connectivity index (χ4v) is 3.05. The normalized spacial score (nSPS) is 17.8. The second-order valence-electron chi connectivity index (χ2n) is 5.66. The van der Waals surface area contributed by atoms with E-state index in [1.54, 1.807) is 13.3 Å². The van der Waals surface area contributed by atoms with Crippen molar-refractivity contribution in [3.8, 4) is 5.75 Å². The standard InChI is InChI=1S/C17H22N2O2/c1-21-13-5-6-16-15(11-13)14(7-8-18-16)17(20)12-19-9-3-2-4-10-19/h5-8,11,17,20H,2-4,9-10,12H2,1H3. The highest BCUT2D eigenvalue weighted by Crippen LogP contribution is 2.27. The van der Waals surface area contributed by atoms with Gasteiger partial charge in [0, 0.05) is 18.1 Å². The van der Waals surface area contributed by atoms with Crippen molar-refractivity contribution in [2.75, 3.05) is 26.7 Å². The van der Waals surface area contributed by atoms with Crippen molar-refractivity contribution in [3.05, 3.63) is 36.0 Å². The summed E-state index contributed by atoms with van der Waals surface area (Å²) in [7, 11) is 1.65. The van der Waals surface area contributed by atoms with Gasteiger partial charge in [0.25, 0.3) is 0 Å². The van der Waals surface area contributed by atoms with Crippen LogP contribution in [0.5, 0.6) is 5.75 Å². The number of pyridine rings is 1. The third kappa shape index (κ3) is 3.17. The van der Waals surface area contributed by atoms with Crippen LogP contribution >= 0.6 is 0 Å². The van der Waals surface area contributed by atoms with Crippen molar-refractivity contribution in [2.24, 2.45) is 0 Å². The highest BCUT2D eigenvalue weighted by Gasteiger charge is 2.18. The molecule has 0 radical (unpaired) electrons. The molecule has 1 aliphatic rings. The van der Waals surface area contributed by atoms with Crippen LogP contribution in [0, 0.1) is 0 Å². The molecular weight excluding hydrogens is 264 g/mol. The summed E-state index contributed by atoms with van der Waals surface area (Å²) in [5.41, 5.74) is 1.83. The number of likely N-dealkylation sites (tertiary alicyclic amines) is 1. The fourth-order valence-electron chi connectivity index (χ4n) is 3.05. The highest BCUT2D eigenvalue weighted by molar-refractivity contribution is 5.83. The zero-order valence-electron chi connectivity index (χ0n) is 12.5. The fraction of sp³-hybridized carbons (Fsp3) is 0.471. The lowest BCUT2D eigenvalue weighted by molar-refractivity contribution is 0.102. The van der Waals surface area contributed by atoms with Crippen molar-refractivity contribution < 1.29 is 9.84 Å². The van der Waals surface area contributed by atoms with E-state index in [-0.39, 0.29) is 0 Å². The second-order valence-corrected chi connectivity index (χ2v) is 5.66. The Morgan fingerprint density at radius 1 is 1.24 bits per heavy atom. The number of ether oxygens (including phenoxy) is 1. The van der Waals surface area contributed by atoms with Crippen LogP contribution in [0.25, 0.3) is 10.9 Å². The Morgan fingerprint density at radius 3 is 2.81 bits per heavy atom. The molecule has 1 atom stereocenters. The van der Waals surface area contributed by atoms with Crippen molar-refractivity contribution >= 4 is 10.9 Å². The smallest absolute Gasteiger partial charge is 0.119 e. The Bertz CT molecular complexity index is 609. The van der Waals surface area contributed by atoms with Gasteiger partial charge in [-0.15, -0.1) is 0 Å². The lowest BCUT2D eigenvalue weighted by Crippen LogP contribution is -2.33. The van der Waals surface area contributed by atoms with Crippen LogP contribution in [0.4, 0.5) is 0 Å². The number of aromatic nitrogens is 1. The minimum atomic E-state index is -0.485. The summed E-state index contributed by atoms with van der Waals surface area (Å²) in [4.78, 5) is 6.71. The lowest BCUT2D eigenvalue weighted by atomic mass is 10.0. The topological polar surface area (TPSA) is 45.6 Å². The molecule has 1 unspecified atom stereocenters. The summed E-state index contributed by atoms with van der Waals surface area (Å²) in [6.45, 7) is 2.86. The molecule has 2 heterocycles. The highest BCUT2D eigenvalue weighted by atomic mass is 16.5. The molecule has 1 aliphatic heterocycles. The van der Waals surface area contributed by atoms with E-state index in [4.69, 9.17) is 4.74 Å². The minimum Gasteiger partial charge on any atom is -0.497 e. The number of benzene rings is 1. The van der Waals surface area contributed by atoms with Crippen LogP contribution in [0.1, 0.15) is 30.9 Å². The molecule has 1 saturated heterocycles. The first kappa shape index (κ1) is 14.3.